The van der Waals surface area contributed by atoms with Crippen LogP contribution in [0.1, 0.15) is 34.3 Å². The Kier molecular flexibility index (Phi) is 7.25. The van der Waals surface area contributed by atoms with Crippen molar-refractivity contribution in [2.75, 3.05) is 24.7 Å². The van der Waals surface area contributed by atoms with E-state index in [1.165, 1.54) is 41.5 Å². The zero-order chi connectivity index (χ0) is 24.8. The molecule has 1 saturated heterocycles. The van der Waals surface area contributed by atoms with Crippen molar-refractivity contribution in [1.29, 1.82) is 0 Å². The van der Waals surface area contributed by atoms with Gasteiger partial charge in [-0.2, -0.15) is 0 Å². The lowest BCUT2D eigenvalue weighted by atomic mass is 10.1. The molecule has 180 valence electrons. The number of anilines is 1. The van der Waals surface area contributed by atoms with Gasteiger partial charge in [0.2, 0.25) is 11.7 Å². The molecule has 0 unspecified atom stereocenters. The number of benzene rings is 2. The molecule has 1 aliphatic rings. The molecule has 2 aromatic carbocycles. The summed E-state index contributed by atoms with van der Waals surface area (Å²) in [6.45, 7) is 2.14. The molecule has 2 heterocycles. The van der Waals surface area contributed by atoms with Gasteiger partial charge in [-0.15, -0.1) is 0 Å². The van der Waals surface area contributed by atoms with E-state index in [9.17, 15) is 19.2 Å². The first-order valence-corrected chi connectivity index (χ1v) is 11.0. The lowest BCUT2D eigenvalue weighted by molar-refractivity contribution is -0.147. The lowest BCUT2D eigenvalue weighted by Crippen LogP contribution is -2.27. The molecule has 4 rings (SSSR count). The minimum atomic E-state index is -0.662. The third kappa shape index (κ3) is 5.75. The van der Waals surface area contributed by atoms with Gasteiger partial charge in [0.25, 0.3) is 0 Å². The first-order valence-electron chi connectivity index (χ1n) is 11.0. The Morgan fingerprint density at radius 1 is 1.00 bits per heavy atom. The summed E-state index contributed by atoms with van der Waals surface area (Å²) in [5.41, 5.74) is 0.951. The number of nitrogens with zero attached hydrogens (tertiary/aromatic N) is 1. The normalized spacial score (nSPS) is 15.1. The van der Waals surface area contributed by atoms with Crippen LogP contribution in [0.25, 0.3) is 0 Å². The fraction of sp³-hybridized carbons (Fsp3) is 0.231. The number of hydrogen-bond acceptors (Lipinski definition) is 8. The quantitative estimate of drug-likeness (QED) is 0.261. The van der Waals surface area contributed by atoms with Gasteiger partial charge in [-0.05, 0) is 67.6 Å². The molecule has 1 aliphatic heterocycles. The van der Waals surface area contributed by atoms with Gasteiger partial charge in [0.1, 0.15) is 11.5 Å². The second-order valence-corrected chi connectivity index (χ2v) is 7.75. The predicted molar refractivity (Wildman–Crippen MR) is 123 cm³/mol. The zero-order valence-electron chi connectivity index (χ0n) is 19.0. The van der Waals surface area contributed by atoms with Crippen molar-refractivity contribution in [3.05, 3.63) is 78.3 Å². The summed E-state index contributed by atoms with van der Waals surface area (Å²) in [6.07, 6.45) is 1.37. The van der Waals surface area contributed by atoms with Gasteiger partial charge in [0, 0.05) is 24.2 Å². The summed E-state index contributed by atoms with van der Waals surface area (Å²) in [5.74, 6) is -1.55. The molecule has 0 bridgehead atoms. The summed E-state index contributed by atoms with van der Waals surface area (Å²) in [5, 5.41) is 0. The Hall–Kier alpha value is -4.40. The number of carbonyl (C=O) groups excluding carboxylic acids is 4. The third-order valence-corrected chi connectivity index (χ3v) is 5.37. The highest BCUT2D eigenvalue weighted by Crippen LogP contribution is 2.27. The molecule has 35 heavy (non-hydrogen) atoms. The van der Waals surface area contributed by atoms with Crippen LogP contribution in [0.5, 0.6) is 11.5 Å². The molecular formula is C26H23NO8. The summed E-state index contributed by atoms with van der Waals surface area (Å²) in [7, 11) is 0. The maximum absolute atomic E-state index is 12.5. The van der Waals surface area contributed by atoms with Gasteiger partial charge < -0.3 is 23.5 Å². The third-order valence-electron chi connectivity index (χ3n) is 5.37. The van der Waals surface area contributed by atoms with E-state index >= 15 is 0 Å². The van der Waals surface area contributed by atoms with Crippen LogP contribution < -0.4 is 14.4 Å². The lowest BCUT2D eigenvalue weighted by Gasteiger charge is -2.17. The fourth-order valence-corrected chi connectivity index (χ4v) is 3.60. The van der Waals surface area contributed by atoms with Crippen LogP contribution in [-0.4, -0.2) is 43.4 Å². The molecule has 9 nitrogen and oxygen atoms in total. The van der Waals surface area contributed by atoms with Crippen LogP contribution in [0, 0.1) is 5.92 Å². The number of hydrogen-bond donors (Lipinski definition) is 0. The average Bonchev–Trinajstić information content (AvgIpc) is 3.54. The number of esters is 2. The minimum absolute atomic E-state index is 0.00989. The van der Waals surface area contributed by atoms with Gasteiger partial charge in [0.05, 0.1) is 18.8 Å². The van der Waals surface area contributed by atoms with Gasteiger partial charge in [-0.1, -0.05) is 0 Å². The molecule has 9 heteroatoms. The highest BCUT2D eigenvalue weighted by atomic mass is 16.5. The maximum atomic E-state index is 12.5. The number of ether oxygens (including phenoxy) is 3. The summed E-state index contributed by atoms with van der Waals surface area (Å²) < 4.78 is 20.7. The van der Waals surface area contributed by atoms with Crippen molar-refractivity contribution in [3.8, 4) is 11.5 Å². The van der Waals surface area contributed by atoms with Gasteiger partial charge >= 0.3 is 11.9 Å². The SMILES string of the molecule is CCOc1ccc(N2C[C@@H](C(=O)OCC(=O)c3ccc(OC(=O)c4ccco4)cc3)CC2=O)cc1. The first-order chi connectivity index (χ1) is 16.9. The maximum Gasteiger partial charge on any atom is 0.379 e. The summed E-state index contributed by atoms with van der Waals surface area (Å²) in [4.78, 5) is 50.8. The second-order valence-electron chi connectivity index (χ2n) is 7.75. The van der Waals surface area contributed by atoms with Crippen LogP contribution in [0.15, 0.2) is 71.3 Å². The Labute approximate surface area is 201 Å². The van der Waals surface area contributed by atoms with E-state index in [0.29, 0.717) is 18.0 Å². The zero-order valence-corrected chi connectivity index (χ0v) is 19.0. The number of furan rings is 1. The molecule has 1 aromatic heterocycles. The predicted octanol–water partition coefficient (Wildman–Crippen LogP) is 3.68. The Morgan fingerprint density at radius 3 is 2.37 bits per heavy atom. The Bertz CT molecular complexity index is 1200. The second kappa shape index (κ2) is 10.7. The summed E-state index contributed by atoms with van der Waals surface area (Å²) >= 11 is 0. The number of Topliss-reactive ketones (excluding diaryl/α,β-unsaturated/α-hetero) is 1. The largest absolute Gasteiger partial charge is 0.494 e. The fourth-order valence-electron chi connectivity index (χ4n) is 3.60. The van der Waals surface area contributed by atoms with Crippen molar-refractivity contribution in [3.63, 3.8) is 0 Å². The average molecular weight is 477 g/mol. The Balaban J connectivity index is 1.27. The van der Waals surface area contributed by atoms with E-state index in [-0.39, 0.29) is 35.9 Å². The highest BCUT2D eigenvalue weighted by Gasteiger charge is 2.36. The van der Waals surface area contributed by atoms with E-state index in [1.807, 2.05) is 6.92 Å². The first kappa shape index (κ1) is 23.7. The highest BCUT2D eigenvalue weighted by molar-refractivity contribution is 6.01. The van der Waals surface area contributed by atoms with Crippen molar-refractivity contribution >= 4 is 29.3 Å². The van der Waals surface area contributed by atoms with E-state index < -0.39 is 30.2 Å². The van der Waals surface area contributed by atoms with Gasteiger partial charge in [0.15, 0.2) is 12.4 Å². The molecule has 0 spiro atoms. The van der Waals surface area contributed by atoms with E-state index in [1.54, 1.807) is 30.3 Å². The molecule has 0 radical (unpaired) electrons. The smallest absolute Gasteiger partial charge is 0.379 e. The molecule has 1 fully saturated rings. The molecule has 1 amide bonds. The monoisotopic (exact) mass is 477 g/mol. The van der Waals surface area contributed by atoms with Crippen LogP contribution in [0.2, 0.25) is 0 Å². The van der Waals surface area contributed by atoms with Crippen LogP contribution in [0.4, 0.5) is 5.69 Å². The number of carbonyl (C=O) groups is 4. The molecule has 3 aromatic rings. The molecule has 0 saturated carbocycles. The Morgan fingerprint density at radius 2 is 1.71 bits per heavy atom. The standard InChI is InChI=1S/C26H23NO8/c1-2-32-20-11-7-19(8-12-20)27-15-18(14-24(27)29)25(30)34-16-22(28)17-5-9-21(10-6-17)35-26(31)23-4-3-13-33-23/h3-13,18H,2,14-16H2,1H3/t18-/m0/s1. The molecule has 1 atom stereocenters. The van der Waals surface area contributed by atoms with Gasteiger partial charge in [-0.3, -0.25) is 14.4 Å². The van der Waals surface area contributed by atoms with Crippen molar-refractivity contribution in [2.24, 2.45) is 5.92 Å². The van der Waals surface area contributed by atoms with Crippen LogP contribution in [0.3, 0.4) is 0 Å². The number of ketones is 1. The minimum Gasteiger partial charge on any atom is -0.494 e. The van der Waals surface area contributed by atoms with Crippen LogP contribution >= 0.6 is 0 Å². The molecule has 0 aliphatic carbocycles. The molecule has 0 N–H and O–H groups in total. The summed E-state index contributed by atoms with van der Waals surface area (Å²) in [6, 6.07) is 15.9. The topological polar surface area (TPSA) is 112 Å². The van der Waals surface area contributed by atoms with E-state index in [0.717, 1.165) is 0 Å². The van der Waals surface area contributed by atoms with Crippen LogP contribution in [-0.2, 0) is 14.3 Å². The number of amides is 1. The molecular weight excluding hydrogens is 454 g/mol. The van der Waals surface area contributed by atoms with E-state index in [2.05, 4.69) is 0 Å². The number of rotatable bonds is 9. The van der Waals surface area contributed by atoms with Crippen molar-refractivity contribution in [2.45, 2.75) is 13.3 Å². The van der Waals surface area contributed by atoms with E-state index in [4.69, 9.17) is 18.6 Å². The van der Waals surface area contributed by atoms with Gasteiger partial charge in [-0.25, -0.2) is 4.79 Å². The van der Waals surface area contributed by atoms with Crippen molar-refractivity contribution in [1.82, 2.24) is 0 Å². The van der Waals surface area contributed by atoms with Crippen molar-refractivity contribution < 1.29 is 37.8 Å².